The largest absolute Gasteiger partial charge is 0.347 e. The molecule has 1 aliphatic heterocycles. The smallest absolute Gasteiger partial charge is 0.325 e. The van der Waals surface area contributed by atoms with Crippen molar-refractivity contribution in [3.63, 3.8) is 0 Å². The van der Waals surface area contributed by atoms with Crippen LogP contribution in [0.25, 0.3) is 0 Å². The number of amides is 4. The zero-order valence-corrected chi connectivity index (χ0v) is 9.33. The average molecular weight is 213 g/mol. The summed E-state index contributed by atoms with van der Waals surface area (Å²) in [5.74, 6) is -0.591. The molecule has 0 saturated carbocycles. The first-order valence-corrected chi connectivity index (χ1v) is 4.60. The van der Waals surface area contributed by atoms with Crippen LogP contribution in [0, 0.1) is 0 Å². The van der Waals surface area contributed by atoms with Gasteiger partial charge in [-0.05, 0) is 13.8 Å². The summed E-state index contributed by atoms with van der Waals surface area (Å²) in [5, 5.41) is 2.18. The van der Waals surface area contributed by atoms with Crippen LogP contribution < -0.4 is 5.32 Å². The molecule has 0 radical (unpaired) electrons. The van der Waals surface area contributed by atoms with Crippen molar-refractivity contribution in [3.8, 4) is 0 Å². The highest BCUT2D eigenvalue weighted by molar-refractivity contribution is 6.07. The zero-order valence-electron chi connectivity index (χ0n) is 9.33. The molecule has 84 valence electrons. The summed E-state index contributed by atoms with van der Waals surface area (Å²) >= 11 is 0. The van der Waals surface area contributed by atoms with Crippen molar-refractivity contribution in [2.45, 2.75) is 19.4 Å². The predicted molar refractivity (Wildman–Crippen MR) is 53.0 cm³/mol. The van der Waals surface area contributed by atoms with Gasteiger partial charge in [0.05, 0.1) is 0 Å². The number of likely N-dealkylation sites (N-methyl/N-ethyl adjacent to an activating group) is 1. The topological polar surface area (TPSA) is 69.7 Å². The maximum absolute atomic E-state index is 11.4. The molecular weight excluding hydrogens is 198 g/mol. The number of imide groups is 1. The molecule has 15 heavy (non-hydrogen) atoms. The maximum atomic E-state index is 11.4. The first kappa shape index (κ1) is 11.5. The molecule has 0 aromatic carbocycles. The highest BCUT2D eigenvalue weighted by Gasteiger charge is 2.46. The van der Waals surface area contributed by atoms with Crippen LogP contribution in [0.4, 0.5) is 4.79 Å². The molecule has 1 fully saturated rings. The minimum Gasteiger partial charge on any atom is -0.347 e. The highest BCUT2D eigenvalue weighted by atomic mass is 16.2. The van der Waals surface area contributed by atoms with Crippen LogP contribution in [0.2, 0.25) is 0 Å². The van der Waals surface area contributed by atoms with Crippen LogP contribution in [0.1, 0.15) is 13.8 Å². The van der Waals surface area contributed by atoms with Gasteiger partial charge in [-0.1, -0.05) is 0 Å². The summed E-state index contributed by atoms with van der Waals surface area (Å²) < 4.78 is 0. The van der Waals surface area contributed by atoms with Crippen molar-refractivity contribution < 1.29 is 14.4 Å². The lowest BCUT2D eigenvalue weighted by atomic mass is 10.0. The van der Waals surface area contributed by atoms with Crippen LogP contribution in [-0.2, 0) is 9.59 Å². The Hall–Kier alpha value is -1.59. The van der Waals surface area contributed by atoms with Gasteiger partial charge in [-0.2, -0.15) is 0 Å². The lowest BCUT2D eigenvalue weighted by Gasteiger charge is -2.28. The van der Waals surface area contributed by atoms with Gasteiger partial charge in [-0.25, -0.2) is 4.79 Å². The zero-order chi connectivity index (χ0) is 11.8. The van der Waals surface area contributed by atoms with Crippen molar-refractivity contribution in [1.82, 2.24) is 15.1 Å². The van der Waals surface area contributed by atoms with Crippen molar-refractivity contribution >= 4 is 17.8 Å². The van der Waals surface area contributed by atoms with E-state index in [2.05, 4.69) is 5.32 Å². The fraction of sp³-hybridized carbons (Fsp3) is 0.667. The molecule has 1 aliphatic rings. The Morgan fingerprint density at radius 3 is 2.27 bits per heavy atom. The van der Waals surface area contributed by atoms with Crippen molar-refractivity contribution in [2.75, 3.05) is 20.6 Å². The molecule has 0 unspecified atom stereocenters. The van der Waals surface area contributed by atoms with Gasteiger partial charge < -0.3 is 9.80 Å². The Labute approximate surface area is 88.2 Å². The fourth-order valence-electron chi connectivity index (χ4n) is 1.24. The Kier molecular flexibility index (Phi) is 2.70. The highest BCUT2D eigenvalue weighted by Crippen LogP contribution is 2.20. The van der Waals surface area contributed by atoms with E-state index in [1.807, 2.05) is 0 Å². The van der Waals surface area contributed by atoms with E-state index in [1.165, 1.54) is 9.80 Å². The molecule has 0 spiro atoms. The number of rotatable bonds is 2. The number of carbonyl (C=O) groups excluding carboxylic acids is 3. The summed E-state index contributed by atoms with van der Waals surface area (Å²) in [6.45, 7) is 3.13. The second kappa shape index (κ2) is 3.52. The maximum Gasteiger partial charge on any atom is 0.325 e. The van der Waals surface area contributed by atoms with Crippen LogP contribution in [0.15, 0.2) is 0 Å². The summed E-state index contributed by atoms with van der Waals surface area (Å²) in [7, 11) is 3.20. The SMILES string of the molecule is CN(C)C(=O)CN1C(=O)NC(=O)C1(C)C. The quantitative estimate of drug-likeness (QED) is 0.623. The number of nitrogens with zero attached hydrogens (tertiary/aromatic N) is 2. The average Bonchev–Trinajstić information content (AvgIpc) is 2.28. The third-order valence-electron chi connectivity index (χ3n) is 2.49. The first-order valence-electron chi connectivity index (χ1n) is 4.60. The number of hydrogen-bond acceptors (Lipinski definition) is 3. The predicted octanol–water partition coefficient (Wildman–Crippen LogP) is -0.595. The molecule has 1 heterocycles. The normalized spacial score (nSPS) is 19.1. The van der Waals surface area contributed by atoms with Crippen molar-refractivity contribution in [2.24, 2.45) is 0 Å². The third-order valence-corrected chi connectivity index (χ3v) is 2.49. The van der Waals surface area contributed by atoms with Gasteiger partial charge in [0.15, 0.2) is 0 Å². The van der Waals surface area contributed by atoms with Gasteiger partial charge in [-0.3, -0.25) is 14.9 Å². The summed E-state index contributed by atoms with van der Waals surface area (Å²) in [6.07, 6.45) is 0. The van der Waals surface area contributed by atoms with Crippen molar-refractivity contribution in [3.05, 3.63) is 0 Å². The van der Waals surface area contributed by atoms with E-state index >= 15 is 0 Å². The van der Waals surface area contributed by atoms with E-state index in [4.69, 9.17) is 0 Å². The van der Waals surface area contributed by atoms with E-state index in [1.54, 1.807) is 27.9 Å². The number of carbonyl (C=O) groups is 3. The first-order chi connectivity index (χ1) is 6.76. The molecule has 1 rings (SSSR count). The van der Waals surface area contributed by atoms with Crippen LogP contribution in [-0.4, -0.2) is 53.8 Å². The monoisotopic (exact) mass is 213 g/mol. The molecule has 6 nitrogen and oxygen atoms in total. The van der Waals surface area contributed by atoms with E-state index in [0.717, 1.165) is 0 Å². The van der Waals surface area contributed by atoms with Crippen molar-refractivity contribution in [1.29, 1.82) is 0 Å². The number of urea groups is 1. The molecular formula is C9H15N3O3. The Balaban J connectivity index is 2.82. The Morgan fingerprint density at radius 1 is 1.40 bits per heavy atom. The molecule has 6 heteroatoms. The molecule has 0 aromatic heterocycles. The van der Waals surface area contributed by atoms with E-state index in [0.29, 0.717) is 0 Å². The molecule has 1 N–H and O–H groups in total. The van der Waals surface area contributed by atoms with Gasteiger partial charge in [0, 0.05) is 14.1 Å². The molecule has 0 atom stereocenters. The second-order valence-electron chi connectivity index (χ2n) is 4.19. The minimum atomic E-state index is -0.956. The second-order valence-corrected chi connectivity index (χ2v) is 4.19. The summed E-state index contributed by atoms with van der Waals surface area (Å²) in [6, 6.07) is -0.514. The van der Waals surface area contributed by atoms with Gasteiger partial charge >= 0.3 is 6.03 Å². The molecule has 0 aromatic rings. The summed E-state index contributed by atoms with van der Waals surface area (Å²) in [4.78, 5) is 36.8. The van der Waals surface area contributed by atoms with Crippen LogP contribution in [0.5, 0.6) is 0 Å². The fourth-order valence-corrected chi connectivity index (χ4v) is 1.24. The number of nitrogens with one attached hydrogen (secondary N) is 1. The van der Waals surface area contributed by atoms with Gasteiger partial charge in [0.1, 0.15) is 12.1 Å². The number of hydrogen-bond donors (Lipinski definition) is 1. The van der Waals surface area contributed by atoms with Gasteiger partial charge in [0.25, 0.3) is 5.91 Å². The lowest BCUT2D eigenvalue weighted by Crippen LogP contribution is -2.48. The van der Waals surface area contributed by atoms with Gasteiger partial charge in [-0.15, -0.1) is 0 Å². The van der Waals surface area contributed by atoms with E-state index < -0.39 is 11.6 Å². The minimum absolute atomic E-state index is 0.0857. The van der Waals surface area contributed by atoms with E-state index in [-0.39, 0.29) is 18.4 Å². The molecule has 4 amide bonds. The third kappa shape index (κ3) is 1.93. The standard InChI is InChI=1S/C9H15N3O3/c1-9(2)7(14)10-8(15)12(9)5-6(13)11(3)4/h5H2,1-4H3,(H,10,14,15). The molecule has 0 bridgehead atoms. The van der Waals surface area contributed by atoms with Gasteiger partial charge in [0.2, 0.25) is 5.91 Å². The molecule has 1 saturated heterocycles. The lowest BCUT2D eigenvalue weighted by molar-refractivity contribution is -0.131. The Bertz CT molecular complexity index is 323. The summed E-state index contributed by atoms with van der Waals surface area (Å²) in [5.41, 5.74) is -0.956. The van der Waals surface area contributed by atoms with Crippen LogP contribution in [0.3, 0.4) is 0 Å². The molecule has 0 aliphatic carbocycles. The van der Waals surface area contributed by atoms with E-state index in [9.17, 15) is 14.4 Å². The Morgan fingerprint density at radius 2 is 1.93 bits per heavy atom. The van der Waals surface area contributed by atoms with Crippen LogP contribution >= 0.6 is 0 Å².